The summed E-state index contributed by atoms with van der Waals surface area (Å²) in [5, 5.41) is 3.61. The molecule has 2 heterocycles. The second-order valence-electron chi connectivity index (χ2n) is 4.00. The summed E-state index contributed by atoms with van der Waals surface area (Å²) >= 11 is 3.58. The van der Waals surface area contributed by atoms with Crippen LogP contribution in [0, 0.1) is 5.92 Å². The van der Waals surface area contributed by atoms with Crippen molar-refractivity contribution >= 4 is 15.9 Å². The Hall–Kier alpha value is -0.280. The van der Waals surface area contributed by atoms with Crippen molar-refractivity contribution in [2.45, 2.75) is 25.4 Å². The van der Waals surface area contributed by atoms with E-state index in [4.69, 9.17) is 0 Å². The van der Waals surface area contributed by atoms with Gasteiger partial charge in [0, 0.05) is 18.8 Å². The molecule has 0 amide bonds. The third-order valence-electron chi connectivity index (χ3n) is 3.07. The van der Waals surface area contributed by atoms with Crippen molar-refractivity contribution in [1.82, 2.24) is 9.88 Å². The van der Waals surface area contributed by atoms with Crippen LogP contribution in [0.3, 0.4) is 0 Å². The molecule has 0 saturated heterocycles. The van der Waals surface area contributed by atoms with Gasteiger partial charge < -0.3 is 9.88 Å². The van der Waals surface area contributed by atoms with E-state index < -0.39 is 0 Å². The van der Waals surface area contributed by atoms with Gasteiger partial charge in [-0.1, -0.05) is 0 Å². The zero-order chi connectivity index (χ0) is 8.84. The summed E-state index contributed by atoms with van der Waals surface area (Å²) in [7, 11) is 0. The molecule has 1 aliphatic heterocycles. The first-order valence-electron chi connectivity index (χ1n) is 4.94. The molecule has 0 aromatic carbocycles. The molecule has 0 bridgehead atoms. The van der Waals surface area contributed by atoms with Crippen molar-refractivity contribution < 1.29 is 0 Å². The highest BCUT2D eigenvalue weighted by molar-refractivity contribution is 9.10. The number of nitrogens with zero attached hydrogens (tertiary/aromatic N) is 1. The number of hydrogen-bond acceptors (Lipinski definition) is 1. The van der Waals surface area contributed by atoms with E-state index in [0.29, 0.717) is 6.04 Å². The Balaban J connectivity index is 2.01. The second-order valence-corrected chi connectivity index (χ2v) is 4.81. The lowest BCUT2D eigenvalue weighted by Gasteiger charge is -2.26. The predicted octanol–water partition coefficient (Wildman–Crippen LogP) is 2.30. The summed E-state index contributed by atoms with van der Waals surface area (Å²) < 4.78 is 3.62. The van der Waals surface area contributed by atoms with Crippen molar-refractivity contribution in [2.24, 2.45) is 5.92 Å². The zero-order valence-corrected chi connectivity index (χ0v) is 9.05. The van der Waals surface area contributed by atoms with Crippen LogP contribution in [0.5, 0.6) is 0 Å². The van der Waals surface area contributed by atoms with Crippen LogP contribution in [0.25, 0.3) is 0 Å². The van der Waals surface area contributed by atoms with E-state index in [1.807, 2.05) is 0 Å². The maximum atomic E-state index is 3.61. The minimum Gasteiger partial charge on any atom is -0.337 e. The Kier molecular flexibility index (Phi) is 1.77. The molecular weight excluding hydrogens is 228 g/mol. The van der Waals surface area contributed by atoms with Gasteiger partial charge >= 0.3 is 0 Å². The molecule has 0 radical (unpaired) electrons. The van der Waals surface area contributed by atoms with E-state index in [2.05, 4.69) is 37.9 Å². The molecule has 1 aliphatic carbocycles. The summed E-state index contributed by atoms with van der Waals surface area (Å²) in [6.45, 7) is 2.22. The van der Waals surface area contributed by atoms with Crippen LogP contribution in [-0.4, -0.2) is 11.1 Å². The van der Waals surface area contributed by atoms with Gasteiger partial charge in [0.2, 0.25) is 0 Å². The van der Waals surface area contributed by atoms with Gasteiger partial charge in [-0.05, 0) is 46.8 Å². The summed E-state index contributed by atoms with van der Waals surface area (Å²) in [5.41, 5.74) is 1.47. The van der Waals surface area contributed by atoms with E-state index in [1.54, 1.807) is 0 Å². The second kappa shape index (κ2) is 2.85. The molecule has 13 heavy (non-hydrogen) atoms. The van der Waals surface area contributed by atoms with Gasteiger partial charge in [-0.2, -0.15) is 0 Å². The minimum atomic E-state index is 0.625. The molecule has 0 spiro atoms. The fraction of sp³-hybridized carbons (Fsp3) is 0.600. The molecule has 2 aliphatic rings. The average molecular weight is 241 g/mol. The number of rotatable bonds is 1. The molecular formula is C10H13BrN2. The van der Waals surface area contributed by atoms with E-state index in [0.717, 1.165) is 19.0 Å². The maximum absolute atomic E-state index is 3.61. The van der Waals surface area contributed by atoms with Gasteiger partial charge in [-0.3, -0.25) is 0 Å². The Morgan fingerprint density at radius 1 is 1.38 bits per heavy atom. The van der Waals surface area contributed by atoms with E-state index >= 15 is 0 Å². The first-order chi connectivity index (χ1) is 6.36. The summed E-state index contributed by atoms with van der Waals surface area (Å²) in [4.78, 5) is 0. The molecule has 1 N–H and O–H groups in total. The highest BCUT2D eigenvalue weighted by Gasteiger charge is 2.35. The van der Waals surface area contributed by atoms with Crippen molar-refractivity contribution in [2.75, 3.05) is 6.54 Å². The third kappa shape index (κ3) is 1.25. The largest absolute Gasteiger partial charge is 0.337 e. The molecule has 1 fully saturated rings. The van der Waals surface area contributed by atoms with Crippen molar-refractivity contribution in [3.8, 4) is 0 Å². The van der Waals surface area contributed by atoms with Gasteiger partial charge in [-0.25, -0.2) is 0 Å². The molecule has 1 saturated carbocycles. The van der Waals surface area contributed by atoms with Gasteiger partial charge in [0.15, 0.2) is 0 Å². The Morgan fingerprint density at radius 3 is 3.00 bits per heavy atom. The van der Waals surface area contributed by atoms with E-state index in [9.17, 15) is 0 Å². The molecule has 1 aromatic heterocycles. The SMILES string of the molecule is Brc1ccc2n1CCNC2C1CC1. The normalized spacial score (nSPS) is 27.3. The molecule has 3 rings (SSSR count). The molecule has 1 unspecified atom stereocenters. The number of nitrogens with one attached hydrogen (secondary N) is 1. The lowest BCUT2D eigenvalue weighted by Crippen LogP contribution is -2.34. The minimum absolute atomic E-state index is 0.625. The highest BCUT2D eigenvalue weighted by Crippen LogP contribution is 2.42. The van der Waals surface area contributed by atoms with Crippen molar-refractivity contribution in [3.63, 3.8) is 0 Å². The number of hydrogen-bond donors (Lipinski definition) is 1. The Bertz CT molecular complexity index is 328. The van der Waals surface area contributed by atoms with Gasteiger partial charge in [0.25, 0.3) is 0 Å². The lowest BCUT2D eigenvalue weighted by atomic mass is 10.1. The first-order valence-corrected chi connectivity index (χ1v) is 5.74. The summed E-state index contributed by atoms with van der Waals surface area (Å²) in [6, 6.07) is 5.04. The Labute approximate surface area is 86.4 Å². The molecule has 2 nitrogen and oxygen atoms in total. The number of halogens is 1. The van der Waals surface area contributed by atoms with Crippen molar-refractivity contribution in [3.05, 3.63) is 22.4 Å². The van der Waals surface area contributed by atoms with Crippen LogP contribution >= 0.6 is 15.9 Å². The smallest absolute Gasteiger partial charge is 0.0849 e. The first kappa shape index (κ1) is 8.06. The Morgan fingerprint density at radius 2 is 2.23 bits per heavy atom. The monoisotopic (exact) mass is 240 g/mol. The van der Waals surface area contributed by atoms with Crippen LogP contribution in [0.1, 0.15) is 24.6 Å². The van der Waals surface area contributed by atoms with Gasteiger partial charge in [0.1, 0.15) is 0 Å². The van der Waals surface area contributed by atoms with Crippen LogP contribution in [0.15, 0.2) is 16.7 Å². The predicted molar refractivity (Wildman–Crippen MR) is 55.6 cm³/mol. The average Bonchev–Trinajstić information content (AvgIpc) is 2.92. The molecule has 1 aromatic rings. The molecule has 70 valence electrons. The third-order valence-corrected chi connectivity index (χ3v) is 3.77. The van der Waals surface area contributed by atoms with Crippen LogP contribution in [-0.2, 0) is 6.54 Å². The topological polar surface area (TPSA) is 17.0 Å². The highest BCUT2D eigenvalue weighted by atomic mass is 79.9. The van der Waals surface area contributed by atoms with E-state index in [1.165, 1.54) is 23.1 Å². The number of aromatic nitrogens is 1. The standard InChI is InChI=1S/C10H13BrN2/c11-9-4-3-8-10(7-1-2-7)12-5-6-13(8)9/h3-4,7,10,12H,1-2,5-6H2. The fourth-order valence-corrected chi connectivity index (χ4v) is 2.75. The lowest BCUT2D eigenvalue weighted by molar-refractivity contribution is 0.389. The summed E-state index contributed by atoms with van der Waals surface area (Å²) in [5.74, 6) is 0.904. The van der Waals surface area contributed by atoms with Crippen LogP contribution < -0.4 is 5.32 Å². The quantitative estimate of drug-likeness (QED) is 0.798. The maximum Gasteiger partial charge on any atom is 0.0849 e. The molecule has 1 atom stereocenters. The molecule has 3 heteroatoms. The van der Waals surface area contributed by atoms with E-state index in [-0.39, 0.29) is 0 Å². The van der Waals surface area contributed by atoms with Gasteiger partial charge in [0.05, 0.1) is 10.6 Å². The fourth-order valence-electron chi connectivity index (χ4n) is 2.24. The van der Waals surface area contributed by atoms with Crippen molar-refractivity contribution in [1.29, 1.82) is 0 Å². The van der Waals surface area contributed by atoms with Gasteiger partial charge in [-0.15, -0.1) is 0 Å². The number of fused-ring (bicyclic) bond motifs is 1. The zero-order valence-electron chi connectivity index (χ0n) is 7.46. The van der Waals surface area contributed by atoms with Crippen LogP contribution in [0.4, 0.5) is 0 Å². The summed E-state index contributed by atoms with van der Waals surface area (Å²) in [6.07, 6.45) is 2.81. The van der Waals surface area contributed by atoms with Crippen LogP contribution in [0.2, 0.25) is 0 Å².